The Bertz CT molecular complexity index is 896. The minimum Gasteiger partial charge on any atom is -0.348 e. The zero-order valence-corrected chi connectivity index (χ0v) is 16.4. The van der Waals surface area contributed by atoms with Gasteiger partial charge in [-0.05, 0) is 63.8 Å². The number of nitrogens with one attached hydrogen (secondary N) is 1. The fourth-order valence-electron chi connectivity index (χ4n) is 4.52. The Morgan fingerprint density at radius 3 is 2.79 bits per heavy atom. The van der Waals surface area contributed by atoms with E-state index < -0.39 is 0 Å². The van der Waals surface area contributed by atoms with Crippen LogP contribution in [-0.2, 0) is 4.79 Å². The van der Waals surface area contributed by atoms with E-state index in [1.807, 2.05) is 43.0 Å². The third-order valence-corrected chi connectivity index (χ3v) is 6.02. The van der Waals surface area contributed by atoms with Crippen molar-refractivity contribution in [2.24, 2.45) is 5.41 Å². The first-order valence-electron chi connectivity index (χ1n) is 9.96. The molecule has 146 valence electrons. The van der Waals surface area contributed by atoms with Crippen LogP contribution in [0.1, 0.15) is 54.0 Å². The highest BCUT2D eigenvalue weighted by molar-refractivity contribution is 6.00. The van der Waals surface area contributed by atoms with E-state index in [2.05, 4.69) is 15.3 Å². The molecule has 1 unspecified atom stereocenters. The predicted octanol–water partition coefficient (Wildman–Crippen LogP) is 3.19. The average Bonchev–Trinajstić information content (AvgIpc) is 2.98. The average molecular weight is 378 g/mol. The van der Waals surface area contributed by atoms with E-state index in [4.69, 9.17) is 0 Å². The second-order valence-electron chi connectivity index (χ2n) is 8.08. The molecule has 1 aliphatic heterocycles. The van der Waals surface area contributed by atoms with Gasteiger partial charge in [-0.3, -0.25) is 14.6 Å². The second-order valence-corrected chi connectivity index (χ2v) is 8.08. The van der Waals surface area contributed by atoms with Crippen LogP contribution >= 0.6 is 0 Å². The van der Waals surface area contributed by atoms with Gasteiger partial charge in [-0.1, -0.05) is 12.5 Å². The maximum absolute atomic E-state index is 13.3. The summed E-state index contributed by atoms with van der Waals surface area (Å²) in [6.07, 6.45) is 6.03. The monoisotopic (exact) mass is 378 g/mol. The van der Waals surface area contributed by atoms with E-state index in [1.54, 1.807) is 12.3 Å². The molecule has 6 heteroatoms. The number of rotatable bonds is 3. The number of aromatic nitrogens is 2. The van der Waals surface area contributed by atoms with Crippen LogP contribution in [0.5, 0.6) is 0 Å². The van der Waals surface area contributed by atoms with Gasteiger partial charge in [0, 0.05) is 24.0 Å². The Kier molecular flexibility index (Phi) is 4.87. The van der Waals surface area contributed by atoms with Gasteiger partial charge >= 0.3 is 0 Å². The van der Waals surface area contributed by atoms with Crippen LogP contribution in [-0.4, -0.2) is 34.4 Å². The van der Waals surface area contributed by atoms with E-state index >= 15 is 0 Å². The summed E-state index contributed by atoms with van der Waals surface area (Å²) in [4.78, 5) is 36.4. The number of anilines is 1. The lowest BCUT2D eigenvalue weighted by Gasteiger charge is -2.36. The van der Waals surface area contributed by atoms with Gasteiger partial charge in [0.15, 0.2) is 0 Å². The maximum atomic E-state index is 13.3. The minimum atomic E-state index is -0.374. The Morgan fingerprint density at radius 1 is 1.18 bits per heavy atom. The zero-order chi connectivity index (χ0) is 19.7. The smallest absolute Gasteiger partial charge is 0.270 e. The van der Waals surface area contributed by atoms with Gasteiger partial charge < -0.3 is 10.2 Å². The molecule has 2 amide bonds. The molecule has 0 bridgehead atoms. The van der Waals surface area contributed by atoms with Gasteiger partial charge in [-0.2, -0.15) is 0 Å². The van der Waals surface area contributed by atoms with Crippen molar-refractivity contribution in [3.05, 3.63) is 53.6 Å². The Balaban J connectivity index is 1.46. The highest BCUT2D eigenvalue weighted by atomic mass is 16.2. The lowest BCUT2D eigenvalue weighted by Crippen LogP contribution is -2.46. The summed E-state index contributed by atoms with van der Waals surface area (Å²) in [5, 5.41) is 3.11. The summed E-state index contributed by atoms with van der Waals surface area (Å²) < 4.78 is 0. The standard InChI is InChI=1S/C22H26N4O2/c1-15-8-9-18(14-23-15)26-12-11-22(21(26)28)10-4-6-17(13-22)25-20(27)19-7-3-5-16(2)24-19/h3,5,7-9,14,17H,4,6,10-13H2,1-2H3,(H,25,27)/t17-,22?/m0/s1. The number of aryl methyl sites for hydroxylation is 2. The molecule has 0 radical (unpaired) electrons. The number of amides is 2. The summed E-state index contributed by atoms with van der Waals surface area (Å²) in [7, 11) is 0. The highest BCUT2D eigenvalue weighted by Crippen LogP contribution is 2.46. The van der Waals surface area contributed by atoms with E-state index in [-0.39, 0.29) is 23.3 Å². The molecule has 1 saturated carbocycles. The molecule has 1 saturated heterocycles. The summed E-state index contributed by atoms with van der Waals surface area (Å²) >= 11 is 0. The van der Waals surface area contributed by atoms with Crippen molar-refractivity contribution >= 4 is 17.5 Å². The maximum Gasteiger partial charge on any atom is 0.270 e. The molecule has 1 spiro atoms. The van der Waals surface area contributed by atoms with Crippen molar-refractivity contribution in [2.75, 3.05) is 11.4 Å². The third kappa shape index (κ3) is 3.51. The first-order chi connectivity index (χ1) is 13.5. The molecule has 1 N–H and O–H groups in total. The summed E-state index contributed by atoms with van der Waals surface area (Å²) in [6.45, 7) is 4.52. The molecule has 28 heavy (non-hydrogen) atoms. The second kappa shape index (κ2) is 7.34. The number of nitrogens with zero attached hydrogens (tertiary/aromatic N) is 3. The van der Waals surface area contributed by atoms with Crippen LogP contribution in [0.25, 0.3) is 0 Å². The number of carbonyl (C=O) groups is 2. The molecule has 2 aliphatic rings. The molecule has 3 heterocycles. The predicted molar refractivity (Wildman–Crippen MR) is 107 cm³/mol. The Morgan fingerprint density at radius 2 is 2.04 bits per heavy atom. The van der Waals surface area contributed by atoms with Crippen molar-refractivity contribution in [1.82, 2.24) is 15.3 Å². The molecule has 2 atom stereocenters. The van der Waals surface area contributed by atoms with Gasteiger partial charge in [0.05, 0.1) is 17.3 Å². The van der Waals surface area contributed by atoms with E-state index in [0.717, 1.165) is 42.8 Å². The molecule has 4 rings (SSSR count). The van der Waals surface area contributed by atoms with Crippen molar-refractivity contribution in [2.45, 2.75) is 52.0 Å². The Hall–Kier alpha value is -2.76. The molecular formula is C22H26N4O2. The zero-order valence-electron chi connectivity index (χ0n) is 16.4. The van der Waals surface area contributed by atoms with Gasteiger partial charge in [0.25, 0.3) is 5.91 Å². The van der Waals surface area contributed by atoms with Crippen LogP contribution in [0.2, 0.25) is 0 Å². The van der Waals surface area contributed by atoms with Crippen LogP contribution in [0.15, 0.2) is 36.5 Å². The molecule has 1 aliphatic carbocycles. The van der Waals surface area contributed by atoms with Crippen LogP contribution in [0, 0.1) is 19.3 Å². The summed E-state index contributed by atoms with van der Waals surface area (Å²) in [5.74, 6) is 0.0153. The molecule has 6 nitrogen and oxygen atoms in total. The van der Waals surface area contributed by atoms with Crippen molar-refractivity contribution in [3.8, 4) is 0 Å². The van der Waals surface area contributed by atoms with Crippen LogP contribution < -0.4 is 10.2 Å². The number of pyridine rings is 2. The minimum absolute atomic E-state index is 0.00334. The highest BCUT2D eigenvalue weighted by Gasteiger charge is 2.49. The number of carbonyl (C=O) groups excluding carboxylic acids is 2. The van der Waals surface area contributed by atoms with Crippen molar-refractivity contribution < 1.29 is 9.59 Å². The molecular weight excluding hydrogens is 352 g/mol. The van der Waals surface area contributed by atoms with E-state index in [9.17, 15) is 9.59 Å². The van der Waals surface area contributed by atoms with Gasteiger partial charge in [-0.15, -0.1) is 0 Å². The van der Waals surface area contributed by atoms with Gasteiger partial charge in [0.2, 0.25) is 5.91 Å². The first kappa shape index (κ1) is 18.6. The number of hydrogen-bond donors (Lipinski definition) is 1. The van der Waals surface area contributed by atoms with E-state index in [0.29, 0.717) is 18.7 Å². The quantitative estimate of drug-likeness (QED) is 0.890. The largest absolute Gasteiger partial charge is 0.348 e. The molecule has 2 aromatic heterocycles. The van der Waals surface area contributed by atoms with Crippen molar-refractivity contribution in [3.63, 3.8) is 0 Å². The molecule has 2 aromatic rings. The lowest BCUT2D eigenvalue weighted by molar-refractivity contribution is -0.127. The van der Waals surface area contributed by atoms with Crippen LogP contribution in [0.3, 0.4) is 0 Å². The number of hydrogen-bond acceptors (Lipinski definition) is 4. The third-order valence-electron chi connectivity index (χ3n) is 6.02. The molecule has 0 aromatic carbocycles. The lowest BCUT2D eigenvalue weighted by atomic mass is 9.71. The van der Waals surface area contributed by atoms with Crippen molar-refractivity contribution in [1.29, 1.82) is 0 Å². The van der Waals surface area contributed by atoms with Crippen LogP contribution in [0.4, 0.5) is 5.69 Å². The topological polar surface area (TPSA) is 75.2 Å². The Labute approximate surface area is 165 Å². The van der Waals surface area contributed by atoms with Gasteiger partial charge in [0.1, 0.15) is 5.69 Å². The summed E-state index contributed by atoms with van der Waals surface area (Å²) in [6, 6.07) is 9.35. The fraction of sp³-hybridized carbons (Fsp3) is 0.455. The van der Waals surface area contributed by atoms with E-state index in [1.165, 1.54) is 0 Å². The fourth-order valence-corrected chi connectivity index (χ4v) is 4.52. The normalized spacial score (nSPS) is 24.6. The summed E-state index contributed by atoms with van der Waals surface area (Å²) in [5.41, 5.74) is 2.69. The molecule has 2 fully saturated rings. The first-order valence-corrected chi connectivity index (χ1v) is 9.96. The van der Waals surface area contributed by atoms with Gasteiger partial charge in [-0.25, -0.2) is 4.98 Å². The SMILES string of the molecule is Cc1ccc(N2CCC3(CCC[C@H](NC(=O)c4cccc(C)n4)C3)C2=O)cn1.